The van der Waals surface area contributed by atoms with Crippen LogP contribution in [-0.2, 0) is 6.18 Å². The minimum absolute atomic E-state index is 0.124. The van der Waals surface area contributed by atoms with Gasteiger partial charge in [-0.1, -0.05) is 0 Å². The molecule has 0 unspecified atom stereocenters. The summed E-state index contributed by atoms with van der Waals surface area (Å²) >= 11 is 0. The van der Waals surface area contributed by atoms with E-state index in [1.54, 1.807) is 6.92 Å². The minimum atomic E-state index is -5.13. The number of fused-ring (bicyclic) bond motifs is 1. The van der Waals surface area contributed by atoms with Crippen LogP contribution in [0.25, 0.3) is 16.7 Å². The van der Waals surface area contributed by atoms with Crippen LogP contribution in [0.15, 0.2) is 12.3 Å². The number of hydrogen-bond donors (Lipinski definition) is 2. The highest BCUT2D eigenvalue weighted by Gasteiger charge is 2.38. The Labute approximate surface area is 160 Å². The number of benzene rings is 1. The lowest BCUT2D eigenvalue weighted by Gasteiger charge is -2.27. The Morgan fingerprint density at radius 2 is 1.83 bits per heavy atom. The fraction of sp³-hybridized carbons (Fsp3) is 0.353. The van der Waals surface area contributed by atoms with Gasteiger partial charge in [0.25, 0.3) is 0 Å². The fourth-order valence-electron chi connectivity index (χ4n) is 3.21. The summed E-state index contributed by atoms with van der Waals surface area (Å²) in [6.07, 6.45) is -3.82. The maximum Gasteiger partial charge on any atom is 0.419 e. The molecule has 1 aromatic carbocycles. The topological polar surface area (TPSA) is 79.1 Å². The molecule has 154 valence electrons. The summed E-state index contributed by atoms with van der Waals surface area (Å²) in [5.74, 6) is -4.95. The third kappa shape index (κ3) is 3.22. The molecule has 2 N–H and O–H groups in total. The van der Waals surface area contributed by atoms with E-state index >= 15 is 0 Å². The highest BCUT2D eigenvalue weighted by Crippen LogP contribution is 2.39. The molecule has 1 aliphatic rings. The van der Waals surface area contributed by atoms with Crippen LogP contribution in [0.4, 0.5) is 27.9 Å². The van der Waals surface area contributed by atoms with Gasteiger partial charge in [-0.25, -0.2) is 23.4 Å². The molecule has 12 heteroatoms. The number of alkyl halides is 3. The van der Waals surface area contributed by atoms with Gasteiger partial charge in [-0.05, 0) is 13.0 Å². The predicted molar refractivity (Wildman–Crippen MR) is 93.1 cm³/mol. The van der Waals surface area contributed by atoms with E-state index in [0.717, 1.165) is 17.8 Å². The Kier molecular flexibility index (Phi) is 4.52. The second kappa shape index (κ2) is 6.79. The smallest absolute Gasteiger partial charge is 0.419 e. The van der Waals surface area contributed by atoms with Crippen molar-refractivity contribution < 1.29 is 27.1 Å². The molecule has 0 radical (unpaired) electrons. The molecule has 0 saturated carbocycles. The summed E-state index contributed by atoms with van der Waals surface area (Å²) in [6.45, 7) is 4.40. The molecular weight excluding hydrogens is 399 g/mol. The predicted octanol–water partition coefficient (Wildman–Crippen LogP) is 2.54. The second-order valence-electron chi connectivity index (χ2n) is 6.56. The molecule has 0 atom stereocenters. The Balaban J connectivity index is 1.88. The number of halogens is 5. The van der Waals surface area contributed by atoms with Gasteiger partial charge in [-0.15, -0.1) is 0 Å². The number of aryl methyl sites for hydroxylation is 1. The number of hydrogen-bond acceptors (Lipinski definition) is 6. The van der Waals surface area contributed by atoms with E-state index in [4.69, 9.17) is 0 Å². The summed E-state index contributed by atoms with van der Waals surface area (Å²) in [5.41, 5.74) is -1.81. The van der Waals surface area contributed by atoms with Crippen LogP contribution in [0, 0.1) is 18.6 Å². The number of piperazine rings is 1. The van der Waals surface area contributed by atoms with Crippen LogP contribution < -0.4 is 10.2 Å². The van der Waals surface area contributed by atoms with Gasteiger partial charge in [0.05, 0.1) is 17.5 Å². The monoisotopic (exact) mass is 414 g/mol. The summed E-state index contributed by atoms with van der Waals surface area (Å²) in [7, 11) is 0. The molecule has 3 aromatic rings. The maximum absolute atomic E-state index is 14.4. The third-order valence-electron chi connectivity index (χ3n) is 4.67. The Hall–Kier alpha value is -3.02. The van der Waals surface area contributed by atoms with E-state index in [1.165, 1.54) is 6.20 Å². The quantitative estimate of drug-likeness (QED) is 0.628. The van der Waals surface area contributed by atoms with E-state index in [2.05, 4.69) is 20.4 Å². The summed E-state index contributed by atoms with van der Waals surface area (Å²) < 4.78 is 68.3. The second-order valence-corrected chi connectivity index (χ2v) is 6.56. The van der Waals surface area contributed by atoms with Crippen molar-refractivity contribution in [3.8, 4) is 11.4 Å². The molecule has 3 heterocycles. The van der Waals surface area contributed by atoms with Gasteiger partial charge in [0.15, 0.2) is 17.4 Å². The largest absolute Gasteiger partial charge is 0.503 e. The van der Waals surface area contributed by atoms with Gasteiger partial charge in [0.1, 0.15) is 16.7 Å². The molecule has 1 aliphatic heterocycles. The zero-order valence-electron chi connectivity index (χ0n) is 15.1. The van der Waals surface area contributed by atoms with Crippen molar-refractivity contribution in [2.45, 2.75) is 13.1 Å². The standard InChI is InChI=1S/C17H15F5N6O/c1-8-14-11(7-24-16(25-14)27-4-2-23-3-5-27)28(26-8)10-6-9(17(20,21)22)12(18)15(29)13(10)19/h6-7,23,29H,2-5H2,1H3. The molecule has 1 fully saturated rings. The highest BCUT2D eigenvalue weighted by molar-refractivity contribution is 5.80. The number of phenolic OH excluding ortho intramolecular Hbond substituents is 1. The number of aromatic nitrogens is 4. The molecular formula is C17H15F5N6O. The van der Waals surface area contributed by atoms with Crippen LogP contribution in [0.5, 0.6) is 5.75 Å². The first-order chi connectivity index (χ1) is 13.7. The fourth-order valence-corrected chi connectivity index (χ4v) is 3.21. The zero-order valence-corrected chi connectivity index (χ0v) is 15.1. The number of rotatable bonds is 2. The first-order valence-electron chi connectivity index (χ1n) is 8.65. The van der Waals surface area contributed by atoms with Crippen LogP contribution in [0.2, 0.25) is 0 Å². The normalized spacial score (nSPS) is 15.3. The van der Waals surface area contributed by atoms with E-state index in [1.807, 2.05) is 4.90 Å². The van der Waals surface area contributed by atoms with Crippen molar-refractivity contribution in [2.75, 3.05) is 31.1 Å². The van der Waals surface area contributed by atoms with E-state index in [-0.39, 0.29) is 11.6 Å². The Morgan fingerprint density at radius 3 is 2.48 bits per heavy atom. The van der Waals surface area contributed by atoms with Crippen LogP contribution in [0.3, 0.4) is 0 Å². The molecule has 0 aliphatic carbocycles. The van der Waals surface area contributed by atoms with E-state index < -0.39 is 34.8 Å². The van der Waals surface area contributed by atoms with Crippen LogP contribution in [0.1, 0.15) is 11.3 Å². The number of phenols is 1. The van der Waals surface area contributed by atoms with Crippen molar-refractivity contribution >= 4 is 17.0 Å². The lowest BCUT2D eigenvalue weighted by atomic mass is 10.1. The van der Waals surface area contributed by atoms with E-state index in [9.17, 15) is 27.1 Å². The molecule has 4 rings (SSSR count). The molecule has 1 saturated heterocycles. The lowest BCUT2D eigenvalue weighted by Crippen LogP contribution is -2.44. The Morgan fingerprint density at radius 1 is 1.14 bits per heavy atom. The van der Waals surface area contributed by atoms with Gasteiger partial charge in [-0.2, -0.15) is 18.3 Å². The third-order valence-corrected chi connectivity index (χ3v) is 4.67. The molecule has 7 nitrogen and oxygen atoms in total. The number of nitrogens with zero attached hydrogens (tertiary/aromatic N) is 5. The van der Waals surface area contributed by atoms with Crippen molar-refractivity contribution in [1.29, 1.82) is 0 Å². The average molecular weight is 414 g/mol. The number of anilines is 1. The van der Waals surface area contributed by atoms with Crippen molar-refractivity contribution in [2.24, 2.45) is 0 Å². The van der Waals surface area contributed by atoms with Crippen LogP contribution in [-0.4, -0.2) is 51.0 Å². The zero-order chi connectivity index (χ0) is 20.9. The molecule has 2 aromatic heterocycles. The highest BCUT2D eigenvalue weighted by atomic mass is 19.4. The first-order valence-corrected chi connectivity index (χ1v) is 8.65. The van der Waals surface area contributed by atoms with E-state index in [0.29, 0.717) is 30.2 Å². The minimum Gasteiger partial charge on any atom is -0.503 e. The summed E-state index contributed by atoms with van der Waals surface area (Å²) in [5, 5.41) is 16.8. The molecule has 0 bridgehead atoms. The van der Waals surface area contributed by atoms with Crippen molar-refractivity contribution in [1.82, 2.24) is 25.1 Å². The molecule has 29 heavy (non-hydrogen) atoms. The van der Waals surface area contributed by atoms with Gasteiger partial charge in [0.2, 0.25) is 5.95 Å². The van der Waals surface area contributed by atoms with Gasteiger partial charge >= 0.3 is 6.18 Å². The summed E-state index contributed by atoms with van der Waals surface area (Å²) in [4.78, 5) is 10.6. The molecule has 0 amide bonds. The molecule has 0 spiro atoms. The lowest BCUT2D eigenvalue weighted by molar-refractivity contribution is -0.140. The van der Waals surface area contributed by atoms with Crippen LogP contribution >= 0.6 is 0 Å². The number of aromatic hydroxyl groups is 1. The SMILES string of the molecule is Cc1nn(-c2cc(C(F)(F)F)c(F)c(O)c2F)c2cnc(N3CCNCC3)nc12. The van der Waals surface area contributed by atoms with Crippen molar-refractivity contribution in [3.63, 3.8) is 0 Å². The van der Waals surface area contributed by atoms with Gasteiger partial charge < -0.3 is 15.3 Å². The maximum atomic E-state index is 14.4. The van der Waals surface area contributed by atoms with Gasteiger partial charge in [-0.3, -0.25) is 0 Å². The summed E-state index contributed by atoms with van der Waals surface area (Å²) in [6, 6.07) is 0.264. The first kappa shape index (κ1) is 19.3. The number of nitrogens with one attached hydrogen (secondary N) is 1. The Bertz CT molecular complexity index is 1090. The average Bonchev–Trinajstić information content (AvgIpc) is 3.02. The van der Waals surface area contributed by atoms with Gasteiger partial charge in [0, 0.05) is 26.2 Å². The van der Waals surface area contributed by atoms with Crippen molar-refractivity contribution in [3.05, 3.63) is 35.2 Å².